The molecule has 0 spiro atoms. The molecule has 0 saturated carbocycles. The summed E-state index contributed by atoms with van der Waals surface area (Å²) >= 11 is 0. The quantitative estimate of drug-likeness (QED) is 0.756. The molecule has 1 aromatic rings. The van der Waals surface area contributed by atoms with Gasteiger partial charge in [0.2, 0.25) is 5.89 Å². The van der Waals surface area contributed by atoms with E-state index in [-0.39, 0.29) is 0 Å². The van der Waals surface area contributed by atoms with Crippen molar-refractivity contribution in [1.29, 1.82) is 0 Å². The average Bonchev–Trinajstić information content (AvgIpc) is 2.72. The first-order chi connectivity index (χ1) is 7.84. The van der Waals surface area contributed by atoms with Crippen LogP contribution in [0.4, 0.5) is 0 Å². The van der Waals surface area contributed by atoms with Crippen molar-refractivity contribution < 1.29 is 9.26 Å². The fourth-order valence-corrected chi connectivity index (χ4v) is 1.91. The summed E-state index contributed by atoms with van der Waals surface area (Å²) in [5.74, 6) is 2.08. The summed E-state index contributed by atoms with van der Waals surface area (Å²) in [6, 6.07) is 0. The van der Waals surface area contributed by atoms with E-state index in [1.54, 1.807) is 0 Å². The fourth-order valence-electron chi connectivity index (χ4n) is 1.91. The third-order valence-electron chi connectivity index (χ3n) is 2.77. The lowest BCUT2D eigenvalue weighted by atomic mass is 10.0. The number of hydrogen-bond acceptors (Lipinski definition) is 5. The molecule has 2 heterocycles. The Morgan fingerprint density at radius 3 is 3.12 bits per heavy atom. The van der Waals surface area contributed by atoms with Gasteiger partial charge in [0.25, 0.3) is 0 Å². The Morgan fingerprint density at radius 1 is 1.50 bits per heavy atom. The van der Waals surface area contributed by atoms with Gasteiger partial charge in [-0.1, -0.05) is 5.16 Å². The maximum absolute atomic E-state index is 5.42. The Morgan fingerprint density at radius 2 is 2.44 bits per heavy atom. The normalized spacial score (nSPS) is 21.2. The van der Waals surface area contributed by atoms with Gasteiger partial charge in [0.1, 0.15) is 0 Å². The lowest BCUT2D eigenvalue weighted by molar-refractivity contribution is 0.0549. The van der Waals surface area contributed by atoms with Gasteiger partial charge in [-0.05, 0) is 25.7 Å². The zero-order valence-corrected chi connectivity index (χ0v) is 9.74. The van der Waals surface area contributed by atoms with Crippen LogP contribution in [-0.4, -0.2) is 36.4 Å². The summed E-state index contributed by atoms with van der Waals surface area (Å²) in [6.45, 7) is 5.56. The fraction of sp³-hybridized carbons (Fsp3) is 0.818. The van der Waals surface area contributed by atoms with Crippen LogP contribution in [0.25, 0.3) is 0 Å². The molecule has 1 aliphatic heterocycles. The van der Waals surface area contributed by atoms with Crippen molar-refractivity contribution in [3.8, 4) is 0 Å². The van der Waals surface area contributed by atoms with Gasteiger partial charge >= 0.3 is 0 Å². The van der Waals surface area contributed by atoms with E-state index in [2.05, 4.69) is 15.5 Å². The van der Waals surface area contributed by atoms with Crippen LogP contribution >= 0.6 is 0 Å². The van der Waals surface area contributed by atoms with Crippen LogP contribution in [0, 0.1) is 12.8 Å². The largest absolute Gasteiger partial charge is 0.381 e. The van der Waals surface area contributed by atoms with E-state index >= 15 is 0 Å². The van der Waals surface area contributed by atoms with Crippen molar-refractivity contribution in [1.82, 2.24) is 15.5 Å². The molecule has 1 unspecified atom stereocenters. The first-order valence-electron chi connectivity index (χ1n) is 5.92. The lowest BCUT2D eigenvalue weighted by Gasteiger charge is -2.22. The predicted octanol–water partition coefficient (Wildman–Crippen LogP) is 0.937. The van der Waals surface area contributed by atoms with Crippen molar-refractivity contribution in [3.63, 3.8) is 0 Å². The van der Waals surface area contributed by atoms with Crippen LogP contribution < -0.4 is 5.32 Å². The van der Waals surface area contributed by atoms with Crippen molar-refractivity contribution >= 4 is 0 Å². The van der Waals surface area contributed by atoms with Crippen molar-refractivity contribution in [2.45, 2.75) is 26.2 Å². The Bertz CT molecular complexity index is 308. The van der Waals surface area contributed by atoms with Crippen LogP contribution in [0.15, 0.2) is 4.52 Å². The van der Waals surface area contributed by atoms with E-state index in [4.69, 9.17) is 9.26 Å². The third-order valence-corrected chi connectivity index (χ3v) is 2.77. The molecule has 5 heteroatoms. The lowest BCUT2D eigenvalue weighted by Crippen LogP contribution is -2.30. The zero-order chi connectivity index (χ0) is 11.2. The summed E-state index contributed by atoms with van der Waals surface area (Å²) in [4.78, 5) is 4.15. The van der Waals surface area contributed by atoms with Crippen LogP contribution in [0.2, 0.25) is 0 Å². The number of aromatic nitrogens is 2. The van der Waals surface area contributed by atoms with Gasteiger partial charge in [0.15, 0.2) is 5.82 Å². The van der Waals surface area contributed by atoms with E-state index in [1.807, 2.05) is 6.92 Å². The van der Waals surface area contributed by atoms with E-state index in [1.165, 1.54) is 12.8 Å². The highest BCUT2D eigenvalue weighted by Gasteiger charge is 2.13. The number of aryl methyl sites for hydroxylation is 1. The molecule has 0 aromatic carbocycles. The van der Waals surface area contributed by atoms with Gasteiger partial charge in [-0.2, -0.15) is 4.98 Å². The summed E-state index contributed by atoms with van der Waals surface area (Å²) in [5, 5.41) is 7.16. The first-order valence-corrected chi connectivity index (χ1v) is 5.92. The summed E-state index contributed by atoms with van der Waals surface area (Å²) < 4.78 is 10.5. The van der Waals surface area contributed by atoms with Crippen molar-refractivity contribution in [3.05, 3.63) is 11.7 Å². The molecule has 1 atom stereocenters. The highest BCUT2D eigenvalue weighted by molar-refractivity contribution is 4.83. The maximum atomic E-state index is 5.42. The van der Waals surface area contributed by atoms with Crippen LogP contribution in [0.1, 0.15) is 24.6 Å². The van der Waals surface area contributed by atoms with Crippen molar-refractivity contribution in [2.75, 3.05) is 26.3 Å². The Hall–Kier alpha value is -0.940. The molecule has 1 aliphatic rings. The zero-order valence-electron chi connectivity index (χ0n) is 9.74. The molecule has 2 rings (SSSR count). The average molecular weight is 225 g/mol. The SMILES string of the molecule is Cc1noc(CCNCC2CCCOC2)n1. The minimum atomic E-state index is 0.665. The molecule has 16 heavy (non-hydrogen) atoms. The Kier molecular flexibility index (Phi) is 4.30. The number of nitrogens with one attached hydrogen (secondary N) is 1. The molecular formula is C11H19N3O2. The molecule has 1 N–H and O–H groups in total. The Balaban J connectivity index is 1.57. The molecule has 5 nitrogen and oxygen atoms in total. The van der Waals surface area contributed by atoms with Crippen LogP contribution in [0.5, 0.6) is 0 Å². The second-order valence-corrected chi connectivity index (χ2v) is 4.27. The van der Waals surface area contributed by atoms with Gasteiger partial charge in [-0.25, -0.2) is 0 Å². The van der Waals surface area contributed by atoms with Gasteiger partial charge in [0.05, 0.1) is 6.61 Å². The standard InChI is InChI=1S/C11H19N3O2/c1-9-13-11(16-14-9)4-5-12-7-10-3-2-6-15-8-10/h10,12H,2-8H2,1H3. The Labute approximate surface area is 95.6 Å². The third kappa shape index (κ3) is 3.57. The topological polar surface area (TPSA) is 60.2 Å². The second kappa shape index (κ2) is 5.96. The van der Waals surface area contributed by atoms with Crippen LogP contribution in [0.3, 0.4) is 0 Å². The summed E-state index contributed by atoms with van der Waals surface area (Å²) in [6.07, 6.45) is 3.26. The van der Waals surface area contributed by atoms with Gasteiger partial charge in [-0.3, -0.25) is 0 Å². The van der Waals surface area contributed by atoms with Gasteiger partial charge < -0.3 is 14.6 Å². The monoisotopic (exact) mass is 225 g/mol. The summed E-state index contributed by atoms with van der Waals surface area (Å²) in [5.41, 5.74) is 0. The predicted molar refractivity (Wildman–Crippen MR) is 59.2 cm³/mol. The number of hydrogen-bond donors (Lipinski definition) is 1. The number of ether oxygens (including phenoxy) is 1. The first kappa shape index (κ1) is 11.5. The second-order valence-electron chi connectivity index (χ2n) is 4.27. The molecular weight excluding hydrogens is 206 g/mol. The maximum Gasteiger partial charge on any atom is 0.227 e. The number of rotatable bonds is 5. The van der Waals surface area contributed by atoms with E-state index in [9.17, 15) is 0 Å². The number of nitrogens with zero attached hydrogens (tertiary/aromatic N) is 2. The minimum Gasteiger partial charge on any atom is -0.381 e. The smallest absolute Gasteiger partial charge is 0.227 e. The summed E-state index contributed by atoms with van der Waals surface area (Å²) in [7, 11) is 0. The van der Waals surface area contributed by atoms with Gasteiger partial charge in [-0.15, -0.1) is 0 Å². The molecule has 0 radical (unpaired) electrons. The van der Waals surface area contributed by atoms with Crippen molar-refractivity contribution in [2.24, 2.45) is 5.92 Å². The van der Waals surface area contributed by atoms with E-state index in [0.29, 0.717) is 17.6 Å². The van der Waals surface area contributed by atoms with Gasteiger partial charge in [0, 0.05) is 26.1 Å². The molecule has 0 amide bonds. The highest BCUT2D eigenvalue weighted by atomic mass is 16.5. The highest BCUT2D eigenvalue weighted by Crippen LogP contribution is 2.11. The molecule has 1 saturated heterocycles. The molecule has 90 valence electrons. The molecule has 0 aliphatic carbocycles. The minimum absolute atomic E-state index is 0.665. The van der Waals surface area contributed by atoms with E-state index < -0.39 is 0 Å². The van der Waals surface area contributed by atoms with Crippen LogP contribution in [-0.2, 0) is 11.2 Å². The molecule has 1 aromatic heterocycles. The van der Waals surface area contributed by atoms with E-state index in [0.717, 1.165) is 32.7 Å². The molecule has 0 bridgehead atoms. The molecule has 1 fully saturated rings.